The van der Waals surface area contributed by atoms with Gasteiger partial charge in [0.15, 0.2) is 5.82 Å². The van der Waals surface area contributed by atoms with Crippen LogP contribution in [0.3, 0.4) is 0 Å². The van der Waals surface area contributed by atoms with Crippen LogP contribution in [-0.2, 0) is 4.74 Å². The fraction of sp³-hybridized carbons (Fsp3) is 0.667. The van der Waals surface area contributed by atoms with E-state index in [1.165, 1.54) is 12.7 Å². The number of nitrogens with one attached hydrogen (secondary N) is 1. The molecule has 1 fully saturated rings. The van der Waals surface area contributed by atoms with E-state index in [-0.39, 0.29) is 6.10 Å². The van der Waals surface area contributed by atoms with Crippen LogP contribution >= 0.6 is 0 Å². The van der Waals surface area contributed by atoms with Crippen LogP contribution in [0, 0.1) is 0 Å². The molecule has 18 heavy (non-hydrogen) atoms. The van der Waals surface area contributed by atoms with Crippen LogP contribution in [0.15, 0.2) is 6.33 Å². The monoisotopic (exact) mass is 253 g/mol. The highest BCUT2D eigenvalue weighted by atomic mass is 16.5. The van der Waals surface area contributed by atoms with Gasteiger partial charge >= 0.3 is 0 Å². The maximum absolute atomic E-state index is 5.67. The van der Waals surface area contributed by atoms with Gasteiger partial charge in [-0.1, -0.05) is 0 Å². The Bertz CT molecular complexity index is 381. The molecule has 100 valence electrons. The molecule has 0 radical (unpaired) electrons. The van der Waals surface area contributed by atoms with Crippen LogP contribution < -0.4 is 14.8 Å². The Morgan fingerprint density at radius 1 is 1.44 bits per heavy atom. The van der Waals surface area contributed by atoms with Crippen molar-refractivity contribution in [1.29, 1.82) is 0 Å². The first kappa shape index (κ1) is 12.9. The predicted octanol–water partition coefficient (Wildman–Crippen LogP) is 1.47. The zero-order valence-corrected chi connectivity index (χ0v) is 10.8. The van der Waals surface area contributed by atoms with Crippen LogP contribution in [-0.4, -0.2) is 43.4 Å². The summed E-state index contributed by atoms with van der Waals surface area (Å²) in [6, 6.07) is 0. The summed E-state index contributed by atoms with van der Waals surface area (Å²) in [4.78, 5) is 8.15. The highest BCUT2D eigenvalue weighted by molar-refractivity contribution is 5.54. The third-order valence-electron chi connectivity index (χ3n) is 2.89. The molecule has 1 saturated heterocycles. The topological polar surface area (TPSA) is 65.5 Å². The van der Waals surface area contributed by atoms with Gasteiger partial charge in [-0.15, -0.1) is 0 Å². The first-order valence-electron chi connectivity index (χ1n) is 6.16. The third kappa shape index (κ3) is 3.01. The standard InChI is InChI=1S/C12H19N3O3/c1-13-11-10(16-2)12(15-8-14-11)18-7-9-5-3-4-6-17-9/h8-9H,3-7H2,1-2H3,(H,13,14,15). The number of ether oxygens (including phenoxy) is 3. The lowest BCUT2D eigenvalue weighted by Crippen LogP contribution is -2.26. The minimum atomic E-state index is 0.149. The molecule has 1 aliphatic rings. The molecule has 0 aliphatic carbocycles. The fourth-order valence-corrected chi connectivity index (χ4v) is 1.93. The van der Waals surface area contributed by atoms with E-state index in [2.05, 4.69) is 15.3 Å². The van der Waals surface area contributed by atoms with Crippen LogP contribution in [0.5, 0.6) is 11.6 Å². The van der Waals surface area contributed by atoms with Crippen molar-refractivity contribution in [2.75, 3.05) is 32.7 Å². The predicted molar refractivity (Wildman–Crippen MR) is 67.2 cm³/mol. The molecule has 0 amide bonds. The molecule has 1 N–H and O–H groups in total. The van der Waals surface area contributed by atoms with Crippen molar-refractivity contribution in [1.82, 2.24) is 9.97 Å². The summed E-state index contributed by atoms with van der Waals surface area (Å²) in [5, 5.41) is 2.94. The molecule has 1 unspecified atom stereocenters. The molecule has 0 bridgehead atoms. The average molecular weight is 253 g/mol. The first-order chi connectivity index (χ1) is 8.85. The summed E-state index contributed by atoms with van der Waals surface area (Å²) in [5.74, 6) is 1.59. The van der Waals surface area contributed by atoms with Gasteiger partial charge in [-0.2, -0.15) is 4.98 Å². The van der Waals surface area contributed by atoms with Crippen LogP contribution in [0.2, 0.25) is 0 Å². The van der Waals surface area contributed by atoms with Crippen LogP contribution in [0.4, 0.5) is 5.82 Å². The van der Waals surface area contributed by atoms with Gasteiger partial charge in [0.1, 0.15) is 12.9 Å². The van der Waals surface area contributed by atoms with Gasteiger partial charge in [0, 0.05) is 13.7 Å². The number of nitrogens with zero attached hydrogens (tertiary/aromatic N) is 2. The average Bonchev–Trinajstić information content (AvgIpc) is 2.45. The van der Waals surface area contributed by atoms with E-state index >= 15 is 0 Å². The molecule has 0 aromatic carbocycles. The van der Waals surface area contributed by atoms with Gasteiger partial charge < -0.3 is 19.5 Å². The second-order valence-corrected chi connectivity index (χ2v) is 4.11. The van der Waals surface area contributed by atoms with E-state index in [0.29, 0.717) is 24.1 Å². The molecule has 1 aromatic rings. The minimum absolute atomic E-state index is 0.149. The molecule has 2 heterocycles. The molecule has 6 heteroatoms. The Hall–Kier alpha value is -1.56. The van der Waals surface area contributed by atoms with Crippen molar-refractivity contribution in [2.24, 2.45) is 0 Å². The van der Waals surface area contributed by atoms with Crippen molar-refractivity contribution in [3.05, 3.63) is 6.33 Å². The van der Waals surface area contributed by atoms with Crippen molar-refractivity contribution >= 4 is 5.82 Å². The summed E-state index contributed by atoms with van der Waals surface area (Å²) >= 11 is 0. The number of aromatic nitrogens is 2. The van der Waals surface area contributed by atoms with Crippen molar-refractivity contribution in [3.63, 3.8) is 0 Å². The highest BCUT2D eigenvalue weighted by Gasteiger charge is 2.17. The first-order valence-corrected chi connectivity index (χ1v) is 6.16. The zero-order valence-electron chi connectivity index (χ0n) is 10.8. The maximum Gasteiger partial charge on any atom is 0.262 e. The van der Waals surface area contributed by atoms with Crippen molar-refractivity contribution < 1.29 is 14.2 Å². The van der Waals surface area contributed by atoms with Gasteiger partial charge in [-0.05, 0) is 19.3 Å². The molecule has 1 aliphatic heterocycles. The Morgan fingerprint density at radius 2 is 2.33 bits per heavy atom. The van der Waals surface area contributed by atoms with E-state index in [1.54, 1.807) is 14.2 Å². The second kappa shape index (κ2) is 6.39. The molecule has 0 saturated carbocycles. The molecule has 6 nitrogen and oxygen atoms in total. The summed E-state index contributed by atoms with van der Waals surface area (Å²) in [7, 11) is 3.35. The number of rotatable bonds is 5. The maximum atomic E-state index is 5.67. The smallest absolute Gasteiger partial charge is 0.262 e. The van der Waals surface area contributed by atoms with Crippen molar-refractivity contribution in [2.45, 2.75) is 25.4 Å². The highest BCUT2D eigenvalue weighted by Crippen LogP contribution is 2.30. The fourth-order valence-electron chi connectivity index (χ4n) is 1.93. The lowest BCUT2D eigenvalue weighted by Gasteiger charge is -2.22. The van der Waals surface area contributed by atoms with E-state index < -0.39 is 0 Å². The number of anilines is 1. The van der Waals surface area contributed by atoms with E-state index in [9.17, 15) is 0 Å². The molecule has 0 spiro atoms. The summed E-state index contributed by atoms with van der Waals surface area (Å²) in [5.41, 5.74) is 0. The van der Waals surface area contributed by atoms with E-state index in [0.717, 1.165) is 19.4 Å². The number of hydrogen-bond donors (Lipinski definition) is 1. The van der Waals surface area contributed by atoms with Gasteiger partial charge in [0.2, 0.25) is 5.75 Å². The second-order valence-electron chi connectivity index (χ2n) is 4.11. The zero-order chi connectivity index (χ0) is 12.8. The van der Waals surface area contributed by atoms with Gasteiger partial charge in [0.05, 0.1) is 13.2 Å². The minimum Gasteiger partial charge on any atom is -0.489 e. The third-order valence-corrected chi connectivity index (χ3v) is 2.89. The van der Waals surface area contributed by atoms with E-state index in [1.807, 2.05) is 0 Å². The SMILES string of the molecule is CNc1ncnc(OCC2CCCCO2)c1OC. The number of methoxy groups -OCH3 is 1. The largest absolute Gasteiger partial charge is 0.489 e. The van der Waals surface area contributed by atoms with Crippen LogP contribution in [0.25, 0.3) is 0 Å². The molecular weight excluding hydrogens is 234 g/mol. The van der Waals surface area contributed by atoms with E-state index in [4.69, 9.17) is 14.2 Å². The summed E-state index contributed by atoms with van der Waals surface area (Å²) in [6.45, 7) is 1.31. The van der Waals surface area contributed by atoms with Gasteiger partial charge in [0.25, 0.3) is 5.88 Å². The Balaban J connectivity index is 1.99. The van der Waals surface area contributed by atoms with Gasteiger partial charge in [-0.25, -0.2) is 4.98 Å². The van der Waals surface area contributed by atoms with Gasteiger partial charge in [-0.3, -0.25) is 0 Å². The molecule has 1 atom stereocenters. The quantitative estimate of drug-likeness (QED) is 0.857. The number of hydrogen-bond acceptors (Lipinski definition) is 6. The Labute approximate surface area is 107 Å². The summed E-state index contributed by atoms with van der Waals surface area (Å²) < 4.78 is 16.5. The summed E-state index contributed by atoms with van der Waals surface area (Å²) in [6.07, 6.45) is 4.96. The molecule has 1 aromatic heterocycles. The Morgan fingerprint density at radius 3 is 3.00 bits per heavy atom. The lowest BCUT2D eigenvalue weighted by molar-refractivity contribution is -0.0124. The molecule has 2 rings (SSSR count). The molecular formula is C12H19N3O3. The normalized spacial score (nSPS) is 19.3. The Kier molecular flexibility index (Phi) is 4.58. The van der Waals surface area contributed by atoms with Crippen LogP contribution in [0.1, 0.15) is 19.3 Å². The lowest BCUT2D eigenvalue weighted by atomic mass is 10.1. The van der Waals surface area contributed by atoms with Crippen molar-refractivity contribution in [3.8, 4) is 11.6 Å².